The van der Waals surface area contributed by atoms with Crippen LogP contribution in [0.15, 0.2) is 54.2 Å². The van der Waals surface area contributed by atoms with Gasteiger partial charge in [-0.05, 0) is 37.3 Å². The van der Waals surface area contributed by atoms with Crippen LogP contribution in [0.3, 0.4) is 0 Å². The largest absolute Gasteiger partial charge is 0.496 e. The molecule has 2 aliphatic rings. The summed E-state index contributed by atoms with van der Waals surface area (Å²) in [5.74, 6) is 0.0551. The molecule has 2 aliphatic heterocycles. The standard InChI is InChI=1S/C25H28N2O4/c1-17-9-11-18(12-10-17)15-27-24(29)22(20-7-3-4-8-21(20)31-2)23(25(27)30)26-13-5-6-19(14-26)16-28/h3-4,7-12,19,28H,5-6,13-16H2,1-2H3. The van der Waals surface area contributed by atoms with Crippen LogP contribution < -0.4 is 4.74 Å². The van der Waals surface area contributed by atoms with E-state index >= 15 is 0 Å². The van der Waals surface area contributed by atoms with Crippen molar-refractivity contribution in [1.29, 1.82) is 0 Å². The zero-order valence-corrected chi connectivity index (χ0v) is 18.0. The third-order valence-electron chi connectivity index (χ3n) is 6.07. The quantitative estimate of drug-likeness (QED) is 0.728. The molecule has 2 heterocycles. The van der Waals surface area contributed by atoms with Crippen molar-refractivity contribution in [2.24, 2.45) is 5.92 Å². The molecule has 6 heteroatoms. The molecular formula is C25H28N2O4. The number of hydrogen-bond acceptors (Lipinski definition) is 5. The van der Waals surface area contributed by atoms with Gasteiger partial charge in [0.15, 0.2) is 0 Å². The second-order valence-electron chi connectivity index (χ2n) is 8.24. The first kappa shape index (κ1) is 21.1. The number of benzene rings is 2. The summed E-state index contributed by atoms with van der Waals surface area (Å²) in [6.45, 7) is 3.54. The van der Waals surface area contributed by atoms with Gasteiger partial charge in [-0.25, -0.2) is 0 Å². The maximum absolute atomic E-state index is 13.6. The second-order valence-corrected chi connectivity index (χ2v) is 8.24. The van der Waals surface area contributed by atoms with Crippen LogP contribution >= 0.6 is 0 Å². The van der Waals surface area contributed by atoms with E-state index in [1.165, 1.54) is 4.90 Å². The predicted octanol–water partition coefficient (Wildman–Crippen LogP) is 2.99. The van der Waals surface area contributed by atoms with Crippen molar-refractivity contribution in [2.45, 2.75) is 26.3 Å². The van der Waals surface area contributed by atoms with E-state index in [2.05, 4.69) is 0 Å². The predicted molar refractivity (Wildman–Crippen MR) is 118 cm³/mol. The summed E-state index contributed by atoms with van der Waals surface area (Å²) >= 11 is 0. The van der Waals surface area contributed by atoms with Crippen molar-refractivity contribution in [1.82, 2.24) is 9.80 Å². The Labute approximate surface area is 182 Å². The molecule has 1 saturated heterocycles. The van der Waals surface area contributed by atoms with E-state index in [1.807, 2.05) is 54.3 Å². The van der Waals surface area contributed by atoms with E-state index in [-0.39, 0.29) is 30.9 Å². The lowest BCUT2D eigenvalue weighted by atomic mass is 9.96. The van der Waals surface area contributed by atoms with Crippen LogP contribution in [0.5, 0.6) is 5.75 Å². The molecule has 2 aromatic carbocycles. The summed E-state index contributed by atoms with van der Waals surface area (Å²) in [7, 11) is 1.56. The molecule has 2 amide bonds. The Morgan fingerprint density at radius 1 is 1.06 bits per heavy atom. The van der Waals surface area contributed by atoms with Crippen molar-refractivity contribution in [3.05, 3.63) is 70.9 Å². The topological polar surface area (TPSA) is 70.1 Å². The molecular weight excluding hydrogens is 392 g/mol. The van der Waals surface area contributed by atoms with Crippen LogP contribution in [0.25, 0.3) is 5.57 Å². The molecule has 0 bridgehead atoms. The SMILES string of the molecule is COc1ccccc1C1=C(N2CCCC(CO)C2)C(=O)N(Cc2ccc(C)cc2)C1=O. The molecule has 162 valence electrons. The van der Waals surface area contributed by atoms with Gasteiger partial charge in [0, 0.05) is 25.3 Å². The number of imide groups is 1. The van der Waals surface area contributed by atoms with Crippen LogP contribution in [0.4, 0.5) is 0 Å². The molecule has 1 N–H and O–H groups in total. The van der Waals surface area contributed by atoms with Gasteiger partial charge in [0.1, 0.15) is 11.4 Å². The Hall–Kier alpha value is -3.12. The van der Waals surface area contributed by atoms with Crippen LogP contribution in [0, 0.1) is 12.8 Å². The van der Waals surface area contributed by atoms with Gasteiger partial charge in [-0.2, -0.15) is 0 Å². The molecule has 2 aromatic rings. The molecule has 0 aromatic heterocycles. The summed E-state index contributed by atoms with van der Waals surface area (Å²) in [6.07, 6.45) is 1.78. The highest BCUT2D eigenvalue weighted by Crippen LogP contribution is 2.38. The van der Waals surface area contributed by atoms with Crippen molar-refractivity contribution in [2.75, 3.05) is 26.8 Å². The Balaban J connectivity index is 1.76. The summed E-state index contributed by atoms with van der Waals surface area (Å²) in [5.41, 5.74) is 3.45. The molecule has 1 unspecified atom stereocenters. The van der Waals surface area contributed by atoms with Crippen LogP contribution in [0.1, 0.15) is 29.5 Å². The van der Waals surface area contributed by atoms with Gasteiger partial charge in [-0.1, -0.05) is 48.0 Å². The number of ether oxygens (including phenoxy) is 1. The van der Waals surface area contributed by atoms with Gasteiger partial charge in [0.2, 0.25) is 0 Å². The summed E-state index contributed by atoms with van der Waals surface area (Å²) < 4.78 is 5.51. The fourth-order valence-electron chi connectivity index (χ4n) is 4.39. The van der Waals surface area contributed by atoms with Crippen LogP contribution in [-0.4, -0.2) is 53.5 Å². The average Bonchev–Trinajstić information content (AvgIpc) is 3.05. The highest BCUT2D eigenvalue weighted by atomic mass is 16.5. The number of nitrogens with zero attached hydrogens (tertiary/aromatic N) is 2. The monoisotopic (exact) mass is 420 g/mol. The van der Waals surface area contributed by atoms with Gasteiger partial charge in [-0.3, -0.25) is 14.5 Å². The third kappa shape index (κ3) is 4.08. The lowest BCUT2D eigenvalue weighted by Gasteiger charge is -2.34. The van der Waals surface area contributed by atoms with Gasteiger partial charge in [0.25, 0.3) is 11.8 Å². The molecule has 0 radical (unpaired) electrons. The Kier molecular flexibility index (Phi) is 6.09. The lowest BCUT2D eigenvalue weighted by Crippen LogP contribution is -2.40. The highest BCUT2D eigenvalue weighted by molar-refractivity contribution is 6.35. The van der Waals surface area contributed by atoms with Crippen LogP contribution in [-0.2, 0) is 16.1 Å². The van der Waals surface area contributed by atoms with Gasteiger partial charge in [-0.15, -0.1) is 0 Å². The molecule has 31 heavy (non-hydrogen) atoms. The van der Waals surface area contributed by atoms with Crippen molar-refractivity contribution >= 4 is 17.4 Å². The van der Waals surface area contributed by atoms with E-state index < -0.39 is 0 Å². The lowest BCUT2D eigenvalue weighted by molar-refractivity contribution is -0.138. The maximum atomic E-state index is 13.6. The Morgan fingerprint density at radius 2 is 1.81 bits per heavy atom. The number of rotatable bonds is 6. The normalized spacial score (nSPS) is 19.4. The first-order valence-corrected chi connectivity index (χ1v) is 10.7. The first-order valence-electron chi connectivity index (χ1n) is 10.7. The fourth-order valence-corrected chi connectivity index (χ4v) is 4.39. The summed E-state index contributed by atoms with van der Waals surface area (Å²) in [6, 6.07) is 15.2. The van der Waals surface area contributed by atoms with E-state index in [9.17, 15) is 14.7 Å². The Bertz CT molecular complexity index is 1010. The zero-order chi connectivity index (χ0) is 22.0. The number of aliphatic hydroxyl groups is 1. The van der Waals surface area contributed by atoms with E-state index in [1.54, 1.807) is 13.2 Å². The molecule has 4 rings (SSSR count). The van der Waals surface area contributed by atoms with Crippen LogP contribution in [0.2, 0.25) is 0 Å². The third-order valence-corrected chi connectivity index (χ3v) is 6.07. The number of carbonyl (C=O) groups is 2. The number of hydrogen-bond donors (Lipinski definition) is 1. The molecule has 1 atom stereocenters. The van der Waals surface area contributed by atoms with Gasteiger partial charge < -0.3 is 14.7 Å². The molecule has 0 spiro atoms. The summed E-state index contributed by atoms with van der Waals surface area (Å²) in [4.78, 5) is 30.4. The number of aliphatic hydroxyl groups excluding tert-OH is 1. The van der Waals surface area contributed by atoms with Gasteiger partial charge in [0.05, 0.1) is 19.2 Å². The zero-order valence-electron chi connectivity index (χ0n) is 18.0. The molecule has 6 nitrogen and oxygen atoms in total. The maximum Gasteiger partial charge on any atom is 0.278 e. The minimum absolute atomic E-state index is 0.0724. The van der Waals surface area contributed by atoms with Crippen molar-refractivity contribution < 1.29 is 19.4 Å². The van der Waals surface area contributed by atoms with Crippen molar-refractivity contribution in [3.8, 4) is 5.75 Å². The Morgan fingerprint density at radius 3 is 2.52 bits per heavy atom. The highest BCUT2D eigenvalue weighted by Gasteiger charge is 2.43. The van der Waals surface area contributed by atoms with Crippen molar-refractivity contribution in [3.63, 3.8) is 0 Å². The number of carbonyl (C=O) groups excluding carboxylic acids is 2. The smallest absolute Gasteiger partial charge is 0.278 e. The van der Waals surface area contributed by atoms with E-state index in [4.69, 9.17) is 4.74 Å². The second kappa shape index (κ2) is 8.94. The number of para-hydroxylation sites is 1. The minimum Gasteiger partial charge on any atom is -0.496 e. The first-order chi connectivity index (χ1) is 15.0. The number of aryl methyl sites for hydroxylation is 1. The molecule has 1 fully saturated rings. The summed E-state index contributed by atoms with van der Waals surface area (Å²) in [5, 5.41) is 9.68. The number of amides is 2. The number of piperidine rings is 1. The molecule has 0 saturated carbocycles. The molecule has 0 aliphatic carbocycles. The fraction of sp³-hybridized carbons (Fsp3) is 0.360. The number of likely N-dealkylation sites (tertiary alicyclic amines) is 1. The van der Waals surface area contributed by atoms with Gasteiger partial charge >= 0.3 is 0 Å². The van der Waals surface area contributed by atoms with E-state index in [0.29, 0.717) is 35.7 Å². The minimum atomic E-state index is -0.309. The number of methoxy groups -OCH3 is 1. The van der Waals surface area contributed by atoms with E-state index in [0.717, 1.165) is 24.0 Å². The average molecular weight is 421 g/mol.